The van der Waals surface area contributed by atoms with Gasteiger partial charge in [0.2, 0.25) is 0 Å². The molecule has 7 heteroatoms. The lowest BCUT2D eigenvalue weighted by Gasteiger charge is -2.02. The van der Waals surface area contributed by atoms with Gasteiger partial charge < -0.3 is 10.4 Å². The third kappa shape index (κ3) is 2.68. The zero-order chi connectivity index (χ0) is 13.3. The van der Waals surface area contributed by atoms with E-state index in [4.69, 9.17) is 5.11 Å². The predicted molar refractivity (Wildman–Crippen MR) is 71.2 cm³/mol. The van der Waals surface area contributed by atoms with Gasteiger partial charge in [-0.25, -0.2) is 14.2 Å². The van der Waals surface area contributed by atoms with E-state index in [0.717, 1.165) is 11.3 Å². The fourth-order valence-corrected chi connectivity index (χ4v) is 2.42. The molecule has 4 nitrogen and oxygen atoms in total. The van der Waals surface area contributed by atoms with Crippen LogP contribution in [0.15, 0.2) is 22.7 Å². The molecule has 0 spiro atoms. The number of aryl methyl sites for hydroxylation is 1. The molecule has 0 aliphatic heterocycles. The van der Waals surface area contributed by atoms with E-state index >= 15 is 0 Å². The van der Waals surface area contributed by atoms with Crippen molar-refractivity contribution in [3.05, 3.63) is 39.1 Å². The average molecular weight is 331 g/mol. The molecule has 0 unspecified atom stereocenters. The Hall–Kier alpha value is -1.47. The van der Waals surface area contributed by atoms with Crippen LogP contribution >= 0.6 is 27.3 Å². The monoisotopic (exact) mass is 330 g/mol. The van der Waals surface area contributed by atoms with Gasteiger partial charge in [0.1, 0.15) is 10.7 Å². The largest absolute Gasteiger partial charge is 0.477 e. The van der Waals surface area contributed by atoms with Crippen LogP contribution in [0.5, 0.6) is 0 Å². The van der Waals surface area contributed by atoms with Gasteiger partial charge in [-0.15, -0.1) is 0 Å². The topological polar surface area (TPSA) is 62.2 Å². The van der Waals surface area contributed by atoms with E-state index in [-0.39, 0.29) is 4.88 Å². The standard InChI is InChI=1S/C11H8BrFN2O2S/c1-5-9(10(16)17)18-11(14-5)15-6-2-3-7(12)8(13)4-6/h2-4H,1H3,(H,14,15)(H,16,17). The van der Waals surface area contributed by atoms with Crippen LogP contribution in [0.4, 0.5) is 15.2 Å². The fourth-order valence-electron chi connectivity index (χ4n) is 1.35. The number of rotatable bonds is 3. The van der Waals surface area contributed by atoms with E-state index in [1.165, 1.54) is 6.07 Å². The van der Waals surface area contributed by atoms with Crippen LogP contribution in [-0.4, -0.2) is 16.1 Å². The minimum atomic E-state index is -1.01. The van der Waals surface area contributed by atoms with Gasteiger partial charge in [-0.05, 0) is 41.1 Å². The summed E-state index contributed by atoms with van der Waals surface area (Å²) in [5, 5.41) is 12.2. The maximum absolute atomic E-state index is 13.3. The second-order valence-corrected chi connectivity index (χ2v) is 5.35. The summed E-state index contributed by atoms with van der Waals surface area (Å²) in [5.74, 6) is -1.41. The minimum Gasteiger partial charge on any atom is -0.477 e. The van der Waals surface area contributed by atoms with Crippen LogP contribution in [0.25, 0.3) is 0 Å². The van der Waals surface area contributed by atoms with Gasteiger partial charge >= 0.3 is 5.97 Å². The molecule has 0 bridgehead atoms. The molecular weight excluding hydrogens is 323 g/mol. The van der Waals surface area contributed by atoms with Crippen LogP contribution in [0.2, 0.25) is 0 Å². The molecule has 2 aromatic rings. The van der Waals surface area contributed by atoms with E-state index < -0.39 is 11.8 Å². The molecule has 0 amide bonds. The molecule has 0 aliphatic rings. The maximum atomic E-state index is 13.3. The van der Waals surface area contributed by atoms with E-state index in [0.29, 0.717) is 21.0 Å². The Morgan fingerprint density at radius 1 is 1.56 bits per heavy atom. The molecule has 0 saturated heterocycles. The number of carboxylic acids is 1. The van der Waals surface area contributed by atoms with E-state index in [1.807, 2.05) is 0 Å². The van der Waals surface area contributed by atoms with Crippen molar-refractivity contribution in [1.29, 1.82) is 0 Å². The van der Waals surface area contributed by atoms with Crippen molar-refractivity contribution in [1.82, 2.24) is 4.98 Å². The van der Waals surface area contributed by atoms with E-state index in [1.54, 1.807) is 19.1 Å². The van der Waals surface area contributed by atoms with E-state index in [9.17, 15) is 9.18 Å². The van der Waals surface area contributed by atoms with Gasteiger partial charge in [-0.1, -0.05) is 11.3 Å². The molecule has 0 fully saturated rings. The highest BCUT2D eigenvalue weighted by Crippen LogP contribution is 2.27. The summed E-state index contributed by atoms with van der Waals surface area (Å²) >= 11 is 4.07. The Bertz CT molecular complexity index is 615. The van der Waals surface area contributed by atoms with Crippen LogP contribution in [-0.2, 0) is 0 Å². The molecule has 94 valence electrons. The van der Waals surface area contributed by atoms with Crippen molar-refractivity contribution in [2.24, 2.45) is 0 Å². The van der Waals surface area contributed by atoms with Crippen molar-refractivity contribution < 1.29 is 14.3 Å². The first-order valence-electron chi connectivity index (χ1n) is 4.90. The van der Waals surface area contributed by atoms with Gasteiger partial charge in [0.25, 0.3) is 0 Å². The maximum Gasteiger partial charge on any atom is 0.347 e. The van der Waals surface area contributed by atoms with Gasteiger partial charge in [-0.3, -0.25) is 0 Å². The second-order valence-electron chi connectivity index (χ2n) is 3.49. The predicted octanol–water partition coefficient (Wildman–Crippen LogP) is 3.79. The number of thiazole rings is 1. The third-order valence-corrected chi connectivity index (χ3v) is 3.87. The Balaban J connectivity index is 2.26. The Morgan fingerprint density at radius 2 is 2.28 bits per heavy atom. The number of carboxylic acid groups (broad SMARTS) is 1. The molecule has 0 aliphatic carbocycles. The number of nitrogens with zero attached hydrogens (tertiary/aromatic N) is 1. The lowest BCUT2D eigenvalue weighted by atomic mass is 10.3. The van der Waals surface area contributed by atoms with Crippen LogP contribution < -0.4 is 5.32 Å². The van der Waals surface area contributed by atoms with Gasteiger partial charge in [0, 0.05) is 5.69 Å². The summed E-state index contributed by atoms with van der Waals surface area (Å²) < 4.78 is 13.7. The lowest BCUT2D eigenvalue weighted by molar-refractivity contribution is 0.0701. The summed E-state index contributed by atoms with van der Waals surface area (Å²) in [6, 6.07) is 4.54. The number of carbonyl (C=O) groups is 1. The molecule has 0 atom stereocenters. The summed E-state index contributed by atoms with van der Waals surface area (Å²) in [4.78, 5) is 15.1. The van der Waals surface area contributed by atoms with Crippen LogP contribution in [0.3, 0.4) is 0 Å². The smallest absolute Gasteiger partial charge is 0.347 e. The first-order chi connectivity index (χ1) is 8.47. The van der Waals surface area contributed by atoms with Gasteiger partial charge in [0.05, 0.1) is 10.2 Å². The minimum absolute atomic E-state index is 0.176. The summed E-state index contributed by atoms with van der Waals surface area (Å²) in [7, 11) is 0. The van der Waals surface area contributed by atoms with Crippen molar-refractivity contribution in [3.63, 3.8) is 0 Å². The number of nitrogens with one attached hydrogen (secondary N) is 1. The number of halogens is 2. The first-order valence-corrected chi connectivity index (χ1v) is 6.51. The van der Waals surface area contributed by atoms with E-state index in [2.05, 4.69) is 26.2 Å². The fraction of sp³-hybridized carbons (Fsp3) is 0.0909. The highest BCUT2D eigenvalue weighted by Gasteiger charge is 2.14. The van der Waals surface area contributed by atoms with Crippen LogP contribution in [0, 0.1) is 12.7 Å². The molecule has 1 aromatic heterocycles. The molecule has 1 aromatic carbocycles. The highest BCUT2D eigenvalue weighted by molar-refractivity contribution is 9.10. The van der Waals surface area contributed by atoms with Crippen molar-refractivity contribution >= 4 is 44.1 Å². The Kier molecular flexibility index (Phi) is 3.63. The Morgan fingerprint density at radius 3 is 2.83 bits per heavy atom. The summed E-state index contributed by atoms with van der Waals surface area (Å²) in [6.45, 7) is 1.62. The number of aromatic nitrogens is 1. The molecule has 2 rings (SSSR count). The van der Waals surface area contributed by atoms with Crippen molar-refractivity contribution in [3.8, 4) is 0 Å². The average Bonchev–Trinajstić information content (AvgIpc) is 2.65. The van der Waals surface area contributed by atoms with Gasteiger partial charge in [0.15, 0.2) is 5.13 Å². The summed E-state index contributed by atoms with van der Waals surface area (Å²) in [6.07, 6.45) is 0. The zero-order valence-electron chi connectivity index (χ0n) is 9.20. The SMILES string of the molecule is Cc1nc(Nc2ccc(Br)c(F)c2)sc1C(=O)O. The molecule has 0 saturated carbocycles. The summed E-state index contributed by atoms with van der Waals surface area (Å²) in [5.41, 5.74) is 0.953. The molecule has 2 N–H and O–H groups in total. The molecule has 18 heavy (non-hydrogen) atoms. The van der Waals surface area contributed by atoms with Crippen LogP contribution in [0.1, 0.15) is 15.4 Å². The van der Waals surface area contributed by atoms with Gasteiger partial charge in [-0.2, -0.15) is 0 Å². The molecule has 0 radical (unpaired) electrons. The number of aromatic carboxylic acids is 1. The van der Waals surface area contributed by atoms with Crippen molar-refractivity contribution in [2.75, 3.05) is 5.32 Å². The molecular formula is C11H8BrFN2O2S. The number of anilines is 2. The normalized spacial score (nSPS) is 10.4. The highest BCUT2D eigenvalue weighted by atomic mass is 79.9. The third-order valence-electron chi connectivity index (χ3n) is 2.16. The lowest BCUT2D eigenvalue weighted by Crippen LogP contribution is -1.94. The quantitative estimate of drug-likeness (QED) is 0.898. The zero-order valence-corrected chi connectivity index (χ0v) is 11.6. The number of hydrogen-bond acceptors (Lipinski definition) is 4. The second kappa shape index (κ2) is 5.03. The van der Waals surface area contributed by atoms with Crippen molar-refractivity contribution in [2.45, 2.75) is 6.92 Å². The first kappa shape index (κ1) is 13.0. The molecule has 1 heterocycles. The Labute approximate surface area is 115 Å². The number of benzene rings is 1. The number of hydrogen-bond donors (Lipinski definition) is 2.